The van der Waals surface area contributed by atoms with E-state index in [9.17, 15) is 14.9 Å². The van der Waals surface area contributed by atoms with E-state index in [2.05, 4.69) is 18.0 Å². The zero-order valence-electron chi connectivity index (χ0n) is 16.0. The van der Waals surface area contributed by atoms with Gasteiger partial charge in [-0.1, -0.05) is 0 Å². The fourth-order valence-corrected chi connectivity index (χ4v) is 3.14. The van der Waals surface area contributed by atoms with Crippen molar-refractivity contribution < 1.29 is 14.3 Å². The molecular weight excluding hydrogens is 330 g/mol. The van der Waals surface area contributed by atoms with Crippen LogP contribution in [-0.4, -0.2) is 47.3 Å². The molecule has 6 nitrogen and oxygen atoms in total. The minimum absolute atomic E-state index is 0.106. The second kappa shape index (κ2) is 7.79. The lowest BCUT2D eigenvalue weighted by molar-refractivity contribution is -0.113. The van der Waals surface area contributed by atoms with Crippen LogP contribution in [0.25, 0.3) is 5.70 Å². The van der Waals surface area contributed by atoms with E-state index < -0.39 is 0 Å². The number of aromatic nitrogens is 1. The number of allylic oxidation sites excluding steroid dienone is 1. The van der Waals surface area contributed by atoms with E-state index in [1.807, 2.05) is 11.8 Å². The van der Waals surface area contributed by atoms with Crippen molar-refractivity contribution in [3.05, 3.63) is 34.7 Å². The number of ether oxygens (including phenoxy) is 1. The van der Waals surface area contributed by atoms with Gasteiger partial charge in [0.25, 0.3) is 0 Å². The first-order valence-corrected chi connectivity index (χ1v) is 8.66. The van der Waals surface area contributed by atoms with Crippen molar-refractivity contribution in [2.45, 2.75) is 46.1 Å². The van der Waals surface area contributed by atoms with Gasteiger partial charge in [-0.05, 0) is 45.2 Å². The molecule has 0 N–H and O–H groups in total. The molecular formula is C20H25N3O3. The van der Waals surface area contributed by atoms with Crippen LogP contribution in [0.5, 0.6) is 0 Å². The van der Waals surface area contributed by atoms with Gasteiger partial charge < -0.3 is 9.64 Å². The van der Waals surface area contributed by atoms with Crippen LogP contribution in [0.2, 0.25) is 0 Å². The number of Topliss-reactive ketones (excluding diaryl/α,β-unsaturated/α-hetero) is 2. The molecule has 1 aliphatic rings. The Kier molecular flexibility index (Phi) is 5.94. The molecule has 0 bridgehead atoms. The van der Waals surface area contributed by atoms with Crippen LogP contribution in [0.15, 0.2) is 17.8 Å². The van der Waals surface area contributed by atoms with Gasteiger partial charge in [-0.25, -0.2) is 0 Å². The van der Waals surface area contributed by atoms with Crippen LogP contribution in [-0.2, 0) is 9.53 Å². The molecule has 2 rings (SSSR count). The highest BCUT2D eigenvalue weighted by atomic mass is 16.5. The fraction of sp³-hybridized carbons (Fsp3) is 0.500. The molecule has 138 valence electrons. The lowest BCUT2D eigenvalue weighted by Gasteiger charge is -2.41. The van der Waals surface area contributed by atoms with E-state index in [-0.39, 0.29) is 22.7 Å². The minimum Gasteiger partial charge on any atom is -0.378 e. The molecule has 1 fully saturated rings. The van der Waals surface area contributed by atoms with Crippen molar-refractivity contribution in [1.82, 2.24) is 9.88 Å². The van der Waals surface area contributed by atoms with Gasteiger partial charge in [0.2, 0.25) is 0 Å². The molecule has 0 unspecified atom stereocenters. The standard InChI is InChI=1S/C20H25N3O3/c1-13-12-22-18(15(3)25)10-16(13)19(17(11-21)14(2)24)23-8-6-20(4,26-5)7-9-23/h10,12H,6-9H2,1-5H3/b19-17+. The molecule has 0 saturated carbocycles. The Balaban J connectivity index is 2.59. The first kappa shape index (κ1) is 19.8. The summed E-state index contributed by atoms with van der Waals surface area (Å²) in [7, 11) is 1.70. The number of carbonyl (C=O) groups is 2. The van der Waals surface area contributed by atoms with Crippen molar-refractivity contribution in [2.24, 2.45) is 0 Å². The Morgan fingerprint density at radius 2 is 1.92 bits per heavy atom. The number of likely N-dealkylation sites (tertiary alicyclic amines) is 1. The summed E-state index contributed by atoms with van der Waals surface area (Å²) in [4.78, 5) is 30.1. The third kappa shape index (κ3) is 4.00. The second-order valence-electron chi connectivity index (χ2n) is 6.97. The predicted octanol–water partition coefficient (Wildman–Crippen LogP) is 2.92. The summed E-state index contributed by atoms with van der Waals surface area (Å²) < 4.78 is 5.59. The molecule has 0 aliphatic carbocycles. The Labute approximate surface area is 154 Å². The third-order valence-corrected chi connectivity index (χ3v) is 5.05. The number of ketones is 2. The van der Waals surface area contributed by atoms with E-state index in [4.69, 9.17) is 4.74 Å². The zero-order valence-corrected chi connectivity index (χ0v) is 16.0. The third-order valence-electron chi connectivity index (χ3n) is 5.05. The molecule has 2 heterocycles. The Hall–Kier alpha value is -2.52. The van der Waals surface area contributed by atoms with Gasteiger partial charge in [-0.3, -0.25) is 14.6 Å². The van der Waals surface area contributed by atoms with Gasteiger partial charge in [-0.2, -0.15) is 5.26 Å². The van der Waals surface area contributed by atoms with Crippen LogP contribution in [0.1, 0.15) is 55.2 Å². The van der Waals surface area contributed by atoms with E-state index in [1.165, 1.54) is 13.8 Å². The topological polar surface area (TPSA) is 83.3 Å². The van der Waals surface area contributed by atoms with Crippen molar-refractivity contribution in [2.75, 3.05) is 20.2 Å². The smallest absolute Gasteiger partial charge is 0.178 e. The minimum atomic E-state index is -0.289. The van der Waals surface area contributed by atoms with Crippen molar-refractivity contribution in [1.29, 1.82) is 5.26 Å². The Bertz CT molecular complexity index is 797. The van der Waals surface area contributed by atoms with Crippen LogP contribution in [0, 0.1) is 18.3 Å². The van der Waals surface area contributed by atoms with E-state index in [0.29, 0.717) is 30.0 Å². The van der Waals surface area contributed by atoms with E-state index in [0.717, 1.165) is 18.4 Å². The lowest BCUT2D eigenvalue weighted by atomic mass is 9.91. The van der Waals surface area contributed by atoms with Gasteiger partial charge >= 0.3 is 0 Å². The predicted molar refractivity (Wildman–Crippen MR) is 98.4 cm³/mol. The molecule has 0 atom stereocenters. The summed E-state index contributed by atoms with van der Waals surface area (Å²) in [5.74, 6) is -0.444. The molecule has 6 heteroatoms. The van der Waals surface area contributed by atoms with E-state index >= 15 is 0 Å². The molecule has 0 aromatic carbocycles. The van der Waals surface area contributed by atoms with Crippen molar-refractivity contribution >= 4 is 17.3 Å². The fourth-order valence-electron chi connectivity index (χ4n) is 3.14. The number of methoxy groups -OCH3 is 1. The maximum atomic E-state index is 12.1. The highest BCUT2D eigenvalue weighted by Crippen LogP contribution is 2.33. The number of nitriles is 1. The number of aryl methyl sites for hydroxylation is 1. The van der Waals surface area contributed by atoms with Crippen LogP contribution in [0.4, 0.5) is 0 Å². The molecule has 1 aliphatic heterocycles. The van der Waals surface area contributed by atoms with Crippen molar-refractivity contribution in [3.8, 4) is 6.07 Å². The molecule has 0 radical (unpaired) electrons. The summed E-state index contributed by atoms with van der Waals surface area (Å²) >= 11 is 0. The maximum Gasteiger partial charge on any atom is 0.178 e. The number of hydrogen-bond donors (Lipinski definition) is 0. The van der Waals surface area contributed by atoms with Gasteiger partial charge in [0.05, 0.1) is 11.3 Å². The normalized spacial score (nSPS) is 17.3. The molecule has 1 aromatic heterocycles. The summed E-state index contributed by atoms with van der Waals surface area (Å²) in [6, 6.07) is 3.74. The second-order valence-corrected chi connectivity index (χ2v) is 6.97. The summed E-state index contributed by atoms with van der Waals surface area (Å²) in [5.41, 5.74) is 2.33. The summed E-state index contributed by atoms with van der Waals surface area (Å²) in [6.45, 7) is 8.10. The number of rotatable bonds is 5. The molecule has 1 aromatic rings. The average Bonchev–Trinajstić information content (AvgIpc) is 2.61. The van der Waals surface area contributed by atoms with Crippen LogP contribution >= 0.6 is 0 Å². The quantitative estimate of drug-likeness (QED) is 0.459. The zero-order chi connectivity index (χ0) is 19.5. The monoisotopic (exact) mass is 355 g/mol. The highest BCUT2D eigenvalue weighted by Gasteiger charge is 2.32. The molecule has 26 heavy (non-hydrogen) atoms. The largest absolute Gasteiger partial charge is 0.378 e. The molecule has 0 amide bonds. The van der Waals surface area contributed by atoms with Gasteiger partial charge in [-0.15, -0.1) is 0 Å². The summed E-state index contributed by atoms with van der Waals surface area (Å²) in [5, 5.41) is 9.61. The van der Waals surface area contributed by atoms with Gasteiger partial charge in [0.1, 0.15) is 17.3 Å². The first-order valence-electron chi connectivity index (χ1n) is 8.66. The van der Waals surface area contributed by atoms with Crippen molar-refractivity contribution in [3.63, 3.8) is 0 Å². The van der Waals surface area contributed by atoms with Gasteiger partial charge in [0, 0.05) is 38.9 Å². The SMILES string of the molecule is COC1(C)CCN(/C(=C(\C#N)C(C)=O)c2cc(C(C)=O)ncc2C)CC1. The number of piperidine rings is 1. The Morgan fingerprint density at radius 3 is 2.38 bits per heavy atom. The highest BCUT2D eigenvalue weighted by molar-refractivity contribution is 6.05. The lowest BCUT2D eigenvalue weighted by Crippen LogP contribution is -2.43. The van der Waals surface area contributed by atoms with E-state index in [1.54, 1.807) is 19.4 Å². The number of pyridine rings is 1. The van der Waals surface area contributed by atoms with Crippen LogP contribution in [0.3, 0.4) is 0 Å². The Morgan fingerprint density at radius 1 is 1.31 bits per heavy atom. The summed E-state index contributed by atoms with van der Waals surface area (Å²) in [6.07, 6.45) is 3.19. The molecule has 1 saturated heterocycles. The maximum absolute atomic E-state index is 12.1. The number of nitrogens with zero attached hydrogens (tertiary/aromatic N) is 3. The number of hydrogen-bond acceptors (Lipinski definition) is 6. The number of carbonyl (C=O) groups excluding carboxylic acids is 2. The average molecular weight is 355 g/mol. The van der Waals surface area contributed by atoms with Gasteiger partial charge in [0.15, 0.2) is 11.6 Å². The first-order chi connectivity index (χ1) is 12.2. The molecule has 0 spiro atoms. The van der Waals surface area contributed by atoms with Crippen LogP contribution < -0.4 is 0 Å².